The molecule has 7 heavy (non-hydrogen) atoms. The largest absolute Gasteiger partial charge is 1.00 e. The molecule has 0 atom stereocenters. The summed E-state index contributed by atoms with van der Waals surface area (Å²) in [6.07, 6.45) is 0. The van der Waals surface area contributed by atoms with Crippen molar-refractivity contribution in [2.24, 2.45) is 0 Å². The first kappa shape index (κ1) is 10.4. The molecule has 0 aromatic rings. The Labute approximate surface area is 64.3 Å². The van der Waals surface area contributed by atoms with Crippen LogP contribution in [0.4, 0.5) is 0 Å². The molecule has 4 nitrogen and oxygen atoms in total. The first-order valence-electron chi connectivity index (χ1n) is 1.36. The van der Waals surface area contributed by atoms with Crippen LogP contribution in [0.3, 0.4) is 0 Å². The zero-order valence-electron chi connectivity index (χ0n) is 5.01. The van der Waals surface area contributed by atoms with Crippen LogP contribution in [0.25, 0.3) is 0 Å². The number of aliphatic carboxylic acids is 1. The Morgan fingerprint density at radius 2 is 2.29 bits per heavy atom. The molecule has 0 aromatic carbocycles. The van der Waals surface area contributed by atoms with Crippen molar-refractivity contribution < 1.29 is 46.1 Å². The monoisotopic (exact) mass is 115 g/mol. The van der Waals surface area contributed by atoms with Gasteiger partial charge >= 0.3 is 35.5 Å². The molecule has 0 saturated carbocycles. The second-order valence-corrected chi connectivity index (χ2v) is 0.729. The molecule has 0 rings (SSSR count). The van der Waals surface area contributed by atoms with Crippen LogP contribution in [0.1, 0.15) is 1.43 Å². The van der Waals surface area contributed by atoms with Crippen molar-refractivity contribution in [2.45, 2.75) is 0 Å². The van der Waals surface area contributed by atoms with Gasteiger partial charge in [0, 0.05) is 0 Å². The minimum atomic E-state index is -1.07. The third-order valence-corrected chi connectivity index (χ3v) is 0.230. The molecule has 0 aliphatic carbocycles. The zero-order valence-corrected chi connectivity index (χ0v) is 6.01. The van der Waals surface area contributed by atoms with Crippen molar-refractivity contribution in [2.75, 3.05) is 6.54 Å². The van der Waals surface area contributed by atoms with Crippen LogP contribution < -0.4 is 35.0 Å². The summed E-state index contributed by atoms with van der Waals surface area (Å²) in [5.41, 5.74) is 1.47. The van der Waals surface area contributed by atoms with Gasteiger partial charge in [0.05, 0.1) is 0 Å². The minimum absolute atomic E-state index is 0. The van der Waals surface area contributed by atoms with E-state index in [9.17, 15) is 4.79 Å². The van der Waals surface area contributed by atoms with E-state index < -0.39 is 12.5 Å². The van der Waals surface area contributed by atoms with Crippen molar-refractivity contribution in [1.82, 2.24) is 5.48 Å². The number of hydrogen-bond donors (Lipinski definition) is 3. The molecular weight excluding hydrogens is 109 g/mol. The smallest absolute Gasteiger partial charge is 1.00 e. The van der Waals surface area contributed by atoms with Gasteiger partial charge in [0.2, 0.25) is 0 Å². The number of rotatable bonds is 2. The molecule has 0 aliphatic rings. The average molecular weight is 115 g/mol. The summed E-state index contributed by atoms with van der Waals surface area (Å²) in [5, 5.41) is 15.3. The van der Waals surface area contributed by atoms with Crippen molar-refractivity contribution in [3.63, 3.8) is 0 Å². The standard InChI is InChI=1S/C2H5NO3.Na.H/c4-2(5)1-3-6;;/h3,6H,1H2,(H,4,5);;/q;+1;-1. The summed E-state index contributed by atoms with van der Waals surface area (Å²) in [6, 6.07) is 0. The number of carboxylic acid groups (broad SMARTS) is 1. The molecule has 0 amide bonds. The topological polar surface area (TPSA) is 69.6 Å². The van der Waals surface area contributed by atoms with Crippen LogP contribution in [0.15, 0.2) is 0 Å². The fourth-order valence-electron chi connectivity index (χ4n) is 0.0676. The van der Waals surface area contributed by atoms with Crippen LogP contribution in [0.2, 0.25) is 0 Å². The fraction of sp³-hybridized carbons (Fsp3) is 0.500. The predicted molar refractivity (Wildman–Crippen MR) is 18.5 cm³/mol. The Balaban J connectivity index is -0.000000125. The molecule has 0 unspecified atom stereocenters. The quantitative estimate of drug-likeness (QED) is 0.255. The van der Waals surface area contributed by atoms with E-state index in [1.807, 2.05) is 0 Å². The van der Waals surface area contributed by atoms with E-state index >= 15 is 0 Å². The van der Waals surface area contributed by atoms with E-state index in [0.717, 1.165) is 0 Å². The molecule has 5 heteroatoms. The Kier molecular flexibility index (Phi) is 9.48. The van der Waals surface area contributed by atoms with Gasteiger partial charge in [-0.3, -0.25) is 4.79 Å². The Hall–Kier alpha value is 0.390. The van der Waals surface area contributed by atoms with E-state index in [-0.39, 0.29) is 31.0 Å². The Morgan fingerprint density at radius 3 is 2.29 bits per heavy atom. The number of nitrogens with one attached hydrogen (secondary N) is 1. The molecule has 0 saturated heterocycles. The molecule has 3 N–H and O–H groups in total. The van der Waals surface area contributed by atoms with E-state index in [4.69, 9.17) is 10.3 Å². The second kappa shape index (κ2) is 6.39. The number of carboxylic acids is 1. The van der Waals surface area contributed by atoms with Crippen molar-refractivity contribution in [1.29, 1.82) is 0 Å². The van der Waals surface area contributed by atoms with Crippen LogP contribution >= 0.6 is 0 Å². The van der Waals surface area contributed by atoms with Crippen LogP contribution in [-0.4, -0.2) is 22.8 Å². The Bertz CT molecular complexity index is 61.2. The third kappa shape index (κ3) is 10.7. The van der Waals surface area contributed by atoms with Gasteiger partial charge in [-0.25, -0.2) is 0 Å². The van der Waals surface area contributed by atoms with Gasteiger partial charge in [-0.15, -0.1) is 0 Å². The number of hydrogen-bond acceptors (Lipinski definition) is 3. The molecule has 0 aliphatic heterocycles. The predicted octanol–water partition coefficient (Wildman–Crippen LogP) is -3.83. The summed E-state index contributed by atoms with van der Waals surface area (Å²) >= 11 is 0. The molecule has 0 radical (unpaired) electrons. The van der Waals surface area contributed by atoms with Gasteiger partial charge < -0.3 is 11.7 Å². The van der Waals surface area contributed by atoms with Crippen LogP contribution in [0.5, 0.6) is 0 Å². The van der Waals surface area contributed by atoms with Crippen molar-refractivity contribution >= 4 is 5.97 Å². The normalized spacial score (nSPS) is 7.00. The van der Waals surface area contributed by atoms with Gasteiger partial charge in [0.25, 0.3) is 0 Å². The number of carbonyl (C=O) groups is 1. The molecule has 0 bridgehead atoms. The van der Waals surface area contributed by atoms with E-state index in [1.165, 1.54) is 5.48 Å². The summed E-state index contributed by atoms with van der Waals surface area (Å²) in [7, 11) is 0. The van der Waals surface area contributed by atoms with Gasteiger partial charge in [0.1, 0.15) is 6.54 Å². The summed E-state index contributed by atoms with van der Waals surface area (Å²) in [6.45, 7) is -0.403. The van der Waals surface area contributed by atoms with Gasteiger partial charge in [0.15, 0.2) is 0 Å². The fourth-order valence-corrected chi connectivity index (χ4v) is 0.0676. The van der Waals surface area contributed by atoms with Crippen LogP contribution in [-0.2, 0) is 4.79 Å². The first-order valence-corrected chi connectivity index (χ1v) is 1.36. The molecule has 38 valence electrons. The number of hydroxylamine groups is 1. The second-order valence-electron chi connectivity index (χ2n) is 0.729. The van der Waals surface area contributed by atoms with Crippen molar-refractivity contribution in [3.8, 4) is 0 Å². The first-order chi connectivity index (χ1) is 2.77. The summed E-state index contributed by atoms with van der Waals surface area (Å²) in [4.78, 5) is 9.38. The summed E-state index contributed by atoms with van der Waals surface area (Å²) < 4.78 is 0. The van der Waals surface area contributed by atoms with E-state index in [0.29, 0.717) is 0 Å². The van der Waals surface area contributed by atoms with Gasteiger partial charge in [-0.1, -0.05) is 0 Å². The van der Waals surface area contributed by atoms with Gasteiger partial charge in [-0.05, 0) is 0 Å². The van der Waals surface area contributed by atoms with E-state index in [2.05, 4.69) is 0 Å². The molecule has 0 spiro atoms. The maximum absolute atomic E-state index is 9.38. The molecule has 0 fully saturated rings. The van der Waals surface area contributed by atoms with Gasteiger partial charge in [-0.2, -0.15) is 5.48 Å². The molecule has 0 aromatic heterocycles. The van der Waals surface area contributed by atoms with Crippen molar-refractivity contribution in [3.05, 3.63) is 0 Å². The maximum atomic E-state index is 9.38. The maximum Gasteiger partial charge on any atom is 1.00 e. The zero-order chi connectivity index (χ0) is 4.99. The molecule has 0 heterocycles. The average Bonchev–Trinajstić information content (AvgIpc) is 1.35. The summed E-state index contributed by atoms with van der Waals surface area (Å²) in [5.74, 6) is -1.07. The van der Waals surface area contributed by atoms with E-state index in [1.54, 1.807) is 0 Å². The SMILES string of the molecule is O=C(O)CNO.[H-].[Na+]. The Morgan fingerprint density at radius 1 is 1.86 bits per heavy atom. The minimum Gasteiger partial charge on any atom is -1.00 e. The van der Waals surface area contributed by atoms with Crippen LogP contribution in [0, 0.1) is 0 Å². The third-order valence-electron chi connectivity index (χ3n) is 0.230. The molecular formula is C2H6NNaO3.